The van der Waals surface area contributed by atoms with E-state index in [1.165, 1.54) is 26.0 Å². The molecule has 0 aliphatic heterocycles. The largest absolute Gasteiger partial charge is 0.496 e. The van der Waals surface area contributed by atoms with Crippen LogP contribution < -0.4 is 10.1 Å². The second kappa shape index (κ2) is 5.62. The Morgan fingerprint density at radius 3 is 2.81 bits per heavy atom. The molecular formula is C16H19F2NO2. The van der Waals surface area contributed by atoms with Crippen molar-refractivity contribution in [2.24, 2.45) is 11.8 Å². The molecule has 0 heterocycles. The Balaban J connectivity index is 1.81. The van der Waals surface area contributed by atoms with E-state index in [1.54, 1.807) is 0 Å². The van der Waals surface area contributed by atoms with Crippen molar-refractivity contribution in [3.05, 3.63) is 29.3 Å². The molecule has 2 fully saturated rings. The van der Waals surface area contributed by atoms with Gasteiger partial charge in [-0.05, 0) is 43.2 Å². The molecule has 0 unspecified atom stereocenters. The van der Waals surface area contributed by atoms with Gasteiger partial charge in [-0.15, -0.1) is 0 Å². The summed E-state index contributed by atoms with van der Waals surface area (Å²) in [5, 5.41) is 2.88. The van der Waals surface area contributed by atoms with Crippen molar-refractivity contribution in [1.29, 1.82) is 0 Å². The summed E-state index contributed by atoms with van der Waals surface area (Å²) < 4.78 is 32.3. The molecule has 2 aliphatic rings. The van der Waals surface area contributed by atoms with Gasteiger partial charge in [-0.25, -0.2) is 8.78 Å². The number of halogens is 2. The summed E-state index contributed by atoms with van der Waals surface area (Å²) in [6, 6.07) is 2.31. The van der Waals surface area contributed by atoms with Gasteiger partial charge in [0.25, 0.3) is 5.91 Å². The van der Waals surface area contributed by atoms with Gasteiger partial charge in [-0.3, -0.25) is 4.79 Å². The predicted molar refractivity (Wildman–Crippen MR) is 74.2 cm³/mol. The quantitative estimate of drug-likeness (QED) is 0.929. The van der Waals surface area contributed by atoms with Gasteiger partial charge in [-0.2, -0.15) is 0 Å². The van der Waals surface area contributed by atoms with Crippen LogP contribution in [-0.4, -0.2) is 19.1 Å². The third-order valence-corrected chi connectivity index (χ3v) is 4.90. The fraction of sp³-hybridized carbons (Fsp3) is 0.562. The molecule has 1 amide bonds. The molecule has 1 N–H and O–H groups in total. The van der Waals surface area contributed by atoms with Gasteiger partial charge in [0.2, 0.25) is 0 Å². The topological polar surface area (TPSA) is 38.3 Å². The van der Waals surface area contributed by atoms with E-state index < -0.39 is 17.5 Å². The summed E-state index contributed by atoms with van der Waals surface area (Å²) in [5.74, 6) is -1.54. The van der Waals surface area contributed by atoms with Crippen LogP contribution in [0, 0.1) is 23.5 Å². The van der Waals surface area contributed by atoms with Crippen LogP contribution in [0.5, 0.6) is 5.75 Å². The predicted octanol–water partition coefficient (Wildman–Crippen LogP) is 3.28. The van der Waals surface area contributed by atoms with Crippen molar-refractivity contribution < 1.29 is 18.3 Å². The SMILES string of the molecule is COc1ccc(F)c(F)c1C(=O)N[C@H]1CC[C@@H]2CCC[C@@H]21. The molecule has 114 valence electrons. The van der Waals surface area contributed by atoms with Gasteiger partial charge in [-0.1, -0.05) is 12.8 Å². The van der Waals surface area contributed by atoms with E-state index in [0.29, 0.717) is 11.8 Å². The Bertz CT molecular complexity index is 561. The Morgan fingerprint density at radius 2 is 2.05 bits per heavy atom. The molecule has 0 radical (unpaired) electrons. The van der Waals surface area contributed by atoms with Crippen LogP contribution >= 0.6 is 0 Å². The van der Waals surface area contributed by atoms with E-state index in [9.17, 15) is 13.6 Å². The number of hydrogen-bond acceptors (Lipinski definition) is 2. The monoisotopic (exact) mass is 295 g/mol. The van der Waals surface area contributed by atoms with Crippen molar-refractivity contribution in [3.63, 3.8) is 0 Å². The number of methoxy groups -OCH3 is 1. The minimum Gasteiger partial charge on any atom is -0.496 e. The van der Waals surface area contributed by atoms with Crippen molar-refractivity contribution in [3.8, 4) is 5.75 Å². The summed E-state index contributed by atoms with van der Waals surface area (Å²) in [5.41, 5.74) is -0.334. The van der Waals surface area contributed by atoms with Gasteiger partial charge in [0.15, 0.2) is 11.6 Å². The minimum absolute atomic E-state index is 0.0624. The van der Waals surface area contributed by atoms with E-state index in [1.807, 2.05) is 0 Å². The lowest BCUT2D eigenvalue weighted by atomic mass is 9.97. The summed E-state index contributed by atoms with van der Waals surface area (Å²) >= 11 is 0. The molecule has 3 atom stereocenters. The van der Waals surface area contributed by atoms with Gasteiger partial charge in [0.05, 0.1) is 7.11 Å². The zero-order chi connectivity index (χ0) is 15.0. The Labute approximate surface area is 122 Å². The summed E-state index contributed by atoms with van der Waals surface area (Å²) in [7, 11) is 1.34. The molecule has 1 aromatic rings. The number of fused-ring (bicyclic) bond motifs is 1. The molecule has 0 bridgehead atoms. The number of amides is 1. The van der Waals surface area contributed by atoms with E-state index in [4.69, 9.17) is 4.74 Å². The molecule has 0 aromatic heterocycles. The molecule has 1 aromatic carbocycles. The third kappa shape index (κ3) is 2.49. The smallest absolute Gasteiger partial charge is 0.258 e. The van der Waals surface area contributed by atoms with Crippen LogP contribution in [0.3, 0.4) is 0 Å². The number of benzene rings is 1. The fourth-order valence-electron chi connectivity index (χ4n) is 3.90. The molecule has 5 heteroatoms. The van der Waals surface area contributed by atoms with E-state index in [0.717, 1.165) is 25.3 Å². The van der Waals surface area contributed by atoms with Crippen LogP contribution in [-0.2, 0) is 0 Å². The minimum atomic E-state index is -1.15. The molecule has 0 spiro atoms. The molecule has 21 heavy (non-hydrogen) atoms. The zero-order valence-corrected chi connectivity index (χ0v) is 12.0. The van der Waals surface area contributed by atoms with Crippen molar-refractivity contribution in [2.45, 2.75) is 38.1 Å². The van der Waals surface area contributed by atoms with Crippen LogP contribution in [0.4, 0.5) is 8.78 Å². The molecule has 3 rings (SSSR count). The molecule has 0 saturated heterocycles. The van der Waals surface area contributed by atoms with Gasteiger partial charge in [0, 0.05) is 6.04 Å². The highest BCUT2D eigenvalue weighted by Gasteiger charge is 2.40. The first-order valence-electron chi connectivity index (χ1n) is 7.44. The van der Waals surface area contributed by atoms with Crippen LogP contribution in [0.2, 0.25) is 0 Å². The Morgan fingerprint density at radius 1 is 1.24 bits per heavy atom. The van der Waals surface area contributed by atoms with Gasteiger partial charge in [0.1, 0.15) is 11.3 Å². The molecule has 3 nitrogen and oxygen atoms in total. The lowest BCUT2D eigenvalue weighted by molar-refractivity contribution is 0.0918. The van der Waals surface area contributed by atoms with Crippen molar-refractivity contribution in [2.75, 3.05) is 7.11 Å². The van der Waals surface area contributed by atoms with Crippen LogP contribution in [0.15, 0.2) is 12.1 Å². The van der Waals surface area contributed by atoms with Crippen molar-refractivity contribution >= 4 is 5.91 Å². The first kappa shape index (κ1) is 14.3. The van der Waals surface area contributed by atoms with Crippen LogP contribution in [0.1, 0.15) is 42.5 Å². The average molecular weight is 295 g/mol. The first-order valence-corrected chi connectivity index (χ1v) is 7.44. The summed E-state index contributed by atoms with van der Waals surface area (Å²) in [6.07, 6.45) is 5.55. The highest BCUT2D eigenvalue weighted by atomic mass is 19.2. The third-order valence-electron chi connectivity index (χ3n) is 4.90. The second-order valence-corrected chi connectivity index (χ2v) is 5.95. The zero-order valence-electron chi connectivity index (χ0n) is 12.0. The number of ether oxygens (including phenoxy) is 1. The maximum atomic E-state index is 13.9. The lowest BCUT2D eigenvalue weighted by Gasteiger charge is -2.21. The number of carbonyl (C=O) groups excluding carboxylic acids is 1. The fourth-order valence-corrected chi connectivity index (χ4v) is 3.90. The van der Waals surface area contributed by atoms with E-state index >= 15 is 0 Å². The van der Waals surface area contributed by atoms with Gasteiger partial charge >= 0.3 is 0 Å². The van der Waals surface area contributed by atoms with Gasteiger partial charge < -0.3 is 10.1 Å². The number of hydrogen-bond donors (Lipinski definition) is 1. The number of rotatable bonds is 3. The normalized spacial score (nSPS) is 27.5. The summed E-state index contributed by atoms with van der Waals surface area (Å²) in [4.78, 5) is 12.3. The average Bonchev–Trinajstić information content (AvgIpc) is 3.06. The second-order valence-electron chi connectivity index (χ2n) is 5.95. The van der Waals surface area contributed by atoms with E-state index in [2.05, 4.69) is 5.32 Å². The highest BCUT2D eigenvalue weighted by molar-refractivity contribution is 5.97. The maximum Gasteiger partial charge on any atom is 0.258 e. The molecular weight excluding hydrogens is 276 g/mol. The molecule has 2 aliphatic carbocycles. The summed E-state index contributed by atoms with van der Waals surface area (Å²) in [6.45, 7) is 0. The lowest BCUT2D eigenvalue weighted by Crippen LogP contribution is -2.38. The first-order chi connectivity index (χ1) is 10.1. The Hall–Kier alpha value is -1.65. The maximum absolute atomic E-state index is 13.9. The Kier molecular flexibility index (Phi) is 3.83. The highest BCUT2D eigenvalue weighted by Crippen LogP contribution is 2.44. The standard InChI is InChI=1S/C16H19F2NO2/c1-21-13-8-6-11(17)15(18)14(13)16(20)19-12-7-5-9-3-2-4-10(9)12/h6,8-10,12H,2-5,7H2,1H3,(H,19,20)/t9-,10-,12-/m0/s1. The van der Waals surface area contributed by atoms with Crippen LogP contribution in [0.25, 0.3) is 0 Å². The number of nitrogens with one attached hydrogen (secondary N) is 1. The molecule has 2 saturated carbocycles. The number of carbonyl (C=O) groups is 1. The van der Waals surface area contributed by atoms with Crippen molar-refractivity contribution in [1.82, 2.24) is 5.32 Å². The van der Waals surface area contributed by atoms with E-state index in [-0.39, 0.29) is 17.4 Å².